The van der Waals surface area contributed by atoms with Crippen LogP contribution in [-0.4, -0.2) is 9.55 Å². The first-order valence-electron chi connectivity index (χ1n) is 6.42. The molecular formula is C14H19N3. The topological polar surface area (TPSA) is 43.8 Å². The molecule has 0 spiro atoms. The minimum Gasteiger partial charge on any atom is -0.326 e. The van der Waals surface area contributed by atoms with Gasteiger partial charge in [0, 0.05) is 18.5 Å². The molecule has 0 atom stereocenters. The largest absolute Gasteiger partial charge is 0.326 e. The summed E-state index contributed by atoms with van der Waals surface area (Å²) in [7, 11) is 0. The number of rotatable bonds is 3. The first kappa shape index (κ1) is 10.8. The quantitative estimate of drug-likeness (QED) is 0.879. The fourth-order valence-corrected chi connectivity index (χ4v) is 2.48. The minimum atomic E-state index is 0.466. The Kier molecular flexibility index (Phi) is 2.44. The first-order chi connectivity index (χ1) is 8.22. The van der Waals surface area contributed by atoms with Gasteiger partial charge in [0.25, 0.3) is 0 Å². The van der Waals surface area contributed by atoms with E-state index in [1.54, 1.807) is 0 Å². The molecule has 1 aromatic heterocycles. The molecule has 3 rings (SSSR count). The first-order valence-corrected chi connectivity index (χ1v) is 6.42. The molecule has 0 saturated heterocycles. The van der Waals surface area contributed by atoms with Crippen LogP contribution in [0.5, 0.6) is 0 Å². The molecule has 0 amide bonds. The van der Waals surface area contributed by atoms with Gasteiger partial charge in [0.05, 0.1) is 11.0 Å². The molecule has 1 aliphatic rings. The number of imidazole rings is 1. The number of nitrogens with two attached hydrogens (primary N) is 1. The standard InChI is InChI=1S/C14H19N3/c1-9(2)14-16-13-10(8-15)4-3-5-12(13)17(14)11-6-7-11/h3-5,9,11H,6-8,15H2,1-2H3. The van der Waals surface area contributed by atoms with E-state index in [1.807, 2.05) is 0 Å². The maximum atomic E-state index is 5.79. The average Bonchev–Trinajstić information content (AvgIpc) is 3.08. The lowest BCUT2D eigenvalue weighted by Crippen LogP contribution is -2.03. The van der Waals surface area contributed by atoms with E-state index >= 15 is 0 Å². The average molecular weight is 229 g/mol. The van der Waals surface area contributed by atoms with E-state index in [0.717, 1.165) is 11.1 Å². The molecule has 1 heterocycles. The number of benzene rings is 1. The second-order valence-electron chi connectivity index (χ2n) is 5.21. The molecule has 1 fully saturated rings. The van der Waals surface area contributed by atoms with Crippen molar-refractivity contribution in [1.29, 1.82) is 0 Å². The van der Waals surface area contributed by atoms with Gasteiger partial charge in [-0.3, -0.25) is 0 Å². The molecule has 0 aliphatic heterocycles. The highest BCUT2D eigenvalue weighted by Gasteiger charge is 2.29. The van der Waals surface area contributed by atoms with Crippen LogP contribution < -0.4 is 5.73 Å². The van der Waals surface area contributed by atoms with E-state index in [0.29, 0.717) is 18.5 Å². The lowest BCUT2D eigenvalue weighted by Gasteiger charge is -2.09. The lowest BCUT2D eigenvalue weighted by molar-refractivity contribution is 0.654. The van der Waals surface area contributed by atoms with Crippen molar-refractivity contribution in [3.63, 3.8) is 0 Å². The van der Waals surface area contributed by atoms with E-state index in [9.17, 15) is 0 Å². The van der Waals surface area contributed by atoms with Crippen LogP contribution >= 0.6 is 0 Å². The predicted molar refractivity (Wildman–Crippen MR) is 70.0 cm³/mol. The highest BCUT2D eigenvalue weighted by molar-refractivity contribution is 5.80. The molecule has 1 aromatic carbocycles. The summed E-state index contributed by atoms with van der Waals surface area (Å²) in [5, 5.41) is 0. The summed E-state index contributed by atoms with van der Waals surface area (Å²) >= 11 is 0. The van der Waals surface area contributed by atoms with Gasteiger partial charge in [0.1, 0.15) is 5.82 Å². The zero-order chi connectivity index (χ0) is 12.0. The van der Waals surface area contributed by atoms with Crippen molar-refractivity contribution in [2.24, 2.45) is 5.73 Å². The second-order valence-corrected chi connectivity index (χ2v) is 5.21. The summed E-state index contributed by atoms with van der Waals surface area (Å²) in [6.45, 7) is 4.99. The van der Waals surface area contributed by atoms with E-state index < -0.39 is 0 Å². The number of para-hydroxylation sites is 1. The van der Waals surface area contributed by atoms with Gasteiger partial charge in [-0.1, -0.05) is 26.0 Å². The normalized spacial score (nSPS) is 16.0. The fourth-order valence-electron chi connectivity index (χ4n) is 2.48. The smallest absolute Gasteiger partial charge is 0.112 e. The fraction of sp³-hybridized carbons (Fsp3) is 0.500. The summed E-state index contributed by atoms with van der Waals surface area (Å²) in [6, 6.07) is 7.02. The van der Waals surface area contributed by atoms with Crippen molar-refractivity contribution < 1.29 is 0 Å². The minimum absolute atomic E-state index is 0.466. The highest BCUT2D eigenvalue weighted by atomic mass is 15.1. The Morgan fingerprint density at radius 1 is 1.41 bits per heavy atom. The van der Waals surface area contributed by atoms with Crippen molar-refractivity contribution in [2.75, 3.05) is 0 Å². The van der Waals surface area contributed by atoms with Gasteiger partial charge >= 0.3 is 0 Å². The third-order valence-corrected chi connectivity index (χ3v) is 3.48. The number of fused-ring (bicyclic) bond motifs is 1. The zero-order valence-electron chi connectivity index (χ0n) is 10.5. The summed E-state index contributed by atoms with van der Waals surface area (Å²) in [6.07, 6.45) is 2.58. The monoisotopic (exact) mass is 229 g/mol. The molecule has 90 valence electrons. The van der Waals surface area contributed by atoms with Crippen LogP contribution in [0, 0.1) is 0 Å². The van der Waals surface area contributed by atoms with Crippen LogP contribution in [0.4, 0.5) is 0 Å². The van der Waals surface area contributed by atoms with Crippen molar-refractivity contribution in [2.45, 2.75) is 45.2 Å². The maximum Gasteiger partial charge on any atom is 0.112 e. The number of hydrogen-bond acceptors (Lipinski definition) is 2. The van der Waals surface area contributed by atoms with Crippen LogP contribution in [0.25, 0.3) is 11.0 Å². The number of aromatic nitrogens is 2. The molecule has 3 heteroatoms. The Morgan fingerprint density at radius 2 is 2.18 bits per heavy atom. The Labute approximate surface area is 102 Å². The van der Waals surface area contributed by atoms with E-state index in [2.05, 4.69) is 36.6 Å². The summed E-state index contributed by atoms with van der Waals surface area (Å²) in [4.78, 5) is 4.83. The summed E-state index contributed by atoms with van der Waals surface area (Å²) < 4.78 is 2.43. The third-order valence-electron chi connectivity index (χ3n) is 3.48. The van der Waals surface area contributed by atoms with Gasteiger partial charge in [-0.2, -0.15) is 0 Å². The number of hydrogen-bond donors (Lipinski definition) is 1. The highest BCUT2D eigenvalue weighted by Crippen LogP contribution is 2.40. The maximum absolute atomic E-state index is 5.79. The van der Waals surface area contributed by atoms with Crippen LogP contribution in [0.2, 0.25) is 0 Å². The Bertz CT molecular complexity index is 550. The van der Waals surface area contributed by atoms with Crippen LogP contribution in [0.1, 0.15) is 50.0 Å². The Balaban J connectivity index is 2.29. The van der Waals surface area contributed by atoms with E-state index in [1.165, 1.54) is 24.2 Å². The Hall–Kier alpha value is -1.35. The Morgan fingerprint density at radius 3 is 2.76 bits per heavy atom. The molecule has 1 saturated carbocycles. The third kappa shape index (κ3) is 1.65. The second kappa shape index (κ2) is 3.84. The van der Waals surface area contributed by atoms with E-state index in [4.69, 9.17) is 10.7 Å². The SMILES string of the molecule is CC(C)c1nc2c(CN)cccc2n1C1CC1. The lowest BCUT2D eigenvalue weighted by atomic mass is 10.2. The molecule has 0 radical (unpaired) electrons. The van der Waals surface area contributed by atoms with Crippen LogP contribution in [-0.2, 0) is 6.54 Å². The van der Waals surface area contributed by atoms with Crippen molar-refractivity contribution in [3.8, 4) is 0 Å². The van der Waals surface area contributed by atoms with Crippen molar-refractivity contribution >= 4 is 11.0 Å². The van der Waals surface area contributed by atoms with Crippen molar-refractivity contribution in [1.82, 2.24) is 9.55 Å². The number of nitrogens with zero attached hydrogens (tertiary/aromatic N) is 2. The van der Waals surface area contributed by atoms with Gasteiger partial charge < -0.3 is 10.3 Å². The summed E-state index contributed by atoms with van der Waals surface area (Å²) in [5.74, 6) is 1.68. The van der Waals surface area contributed by atoms with E-state index in [-0.39, 0.29) is 0 Å². The molecule has 1 aliphatic carbocycles. The molecule has 0 unspecified atom stereocenters. The van der Waals surface area contributed by atoms with Gasteiger partial charge in [-0.05, 0) is 24.5 Å². The summed E-state index contributed by atoms with van der Waals surface area (Å²) in [5.41, 5.74) is 9.32. The van der Waals surface area contributed by atoms with Gasteiger partial charge in [0.2, 0.25) is 0 Å². The molecule has 2 aromatic rings. The molecule has 0 bridgehead atoms. The van der Waals surface area contributed by atoms with Crippen molar-refractivity contribution in [3.05, 3.63) is 29.6 Å². The molecule has 2 N–H and O–H groups in total. The molecule has 17 heavy (non-hydrogen) atoms. The molecular weight excluding hydrogens is 210 g/mol. The molecule has 3 nitrogen and oxygen atoms in total. The van der Waals surface area contributed by atoms with Gasteiger partial charge in [0.15, 0.2) is 0 Å². The van der Waals surface area contributed by atoms with Crippen LogP contribution in [0.15, 0.2) is 18.2 Å². The van der Waals surface area contributed by atoms with Gasteiger partial charge in [-0.15, -0.1) is 0 Å². The zero-order valence-corrected chi connectivity index (χ0v) is 10.5. The predicted octanol–water partition coefficient (Wildman–Crippen LogP) is 2.95. The van der Waals surface area contributed by atoms with Gasteiger partial charge in [-0.25, -0.2) is 4.98 Å². The van der Waals surface area contributed by atoms with Crippen LogP contribution in [0.3, 0.4) is 0 Å².